The monoisotopic (exact) mass is 424 g/mol. The highest BCUT2D eigenvalue weighted by Crippen LogP contribution is 2.32. The number of anilines is 1. The van der Waals surface area contributed by atoms with Crippen molar-refractivity contribution in [3.63, 3.8) is 0 Å². The highest BCUT2D eigenvalue weighted by molar-refractivity contribution is 5.98. The zero-order valence-corrected chi connectivity index (χ0v) is 17.0. The van der Waals surface area contributed by atoms with Crippen LogP contribution in [0.3, 0.4) is 0 Å². The smallest absolute Gasteiger partial charge is 0.269 e. The first-order valence-corrected chi connectivity index (χ1v) is 9.63. The normalized spacial score (nSPS) is 15.8. The molecule has 3 aromatic rings. The van der Waals surface area contributed by atoms with Gasteiger partial charge in [0.1, 0.15) is 23.0 Å². The Labute approximate surface area is 178 Å². The zero-order chi connectivity index (χ0) is 22.0. The number of aromatic amines is 1. The standard InChI is InChI=1S/C22H21FN4O4/c1-30-16-7-8-17(20(10-16)31-2)18-11-19(26-25-18)22(29)24-14-9-21(28)27(12-14)15-5-3-13(23)4-6-15/h3-8,10-11,14H,9,12H2,1-2H3,(H,24,29)(H,25,26). The predicted molar refractivity (Wildman–Crippen MR) is 112 cm³/mol. The minimum absolute atomic E-state index is 0.134. The topological polar surface area (TPSA) is 96.6 Å². The summed E-state index contributed by atoms with van der Waals surface area (Å²) in [6.07, 6.45) is 0.163. The lowest BCUT2D eigenvalue weighted by Gasteiger charge is -2.17. The Balaban J connectivity index is 1.45. The van der Waals surface area contributed by atoms with Gasteiger partial charge in [-0.25, -0.2) is 4.39 Å². The SMILES string of the molecule is COc1ccc(-c2cc(C(=O)NC3CC(=O)N(c4ccc(F)cc4)C3)[nH]n2)c(OC)c1. The summed E-state index contributed by atoms with van der Waals surface area (Å²) in [6.45, 7) is 0.309. The Bertz CT molecular complexity index is 1110. The molecule has 1 aromatic heterocycles. The van der Waals surface area contributed by atoms with Gasteiger partial charge in [-0.15, -0.1) is 0 Å². The number of H-pyrrole nitrogens is 1. The number of ether oxygens (including phenoxy) is 2. The number of hydrogen-bond donors (Lipinski definition) is 2. The van der Waals surface area contributed by atoms with Crippen molar-refractivity contribution in [2.45, 2.75) is 12.5 Å². The van der Waals surface area contributed by atoms with Gasteiger partial charge in [0, 0.05) is 30.3 Å². The number of amides is 2. The number of carbonyl (C=O) groups excluding carboxylic acids is 2. The molecule has 0 saturated carbocycles. The fraction of sp³-hybridized carbons (Fsp3) is 0.227. The summed E-state index contributed by atoms with van der Waals surface area (Å²) < 4.78 is 23.7. The molecule has 2 amide bonds. The quantitative estimate of drug-likeness (QED) is 0.634. The number of methoxy groups -OCH3 is 2. The molecule has 2 heterocycles. The molecule has 0 radical (unpaired) electrons. The average molecular weight is 424 g/mol. The lowest BCUT2D eigenvalue weighted by molar-refractivity contribution is -0.117. The van der Waals surface area contributed by atoms with Crippen molar-refractivity contribution in [1.82, 2.24) is 15.5 Å². The average Bonchev–Trinajstić information content (AvgIpc) is 3.41. The van der Waals surface area contributed by atoms with Crippen molar-refractivity contribution in [3.05, 3.63) is 60.0 Å². The molecule has 1 atom stereocenters. The number of nitrogens with zero attached hydrogens (tertiary/aromatic N) is 2. The first-order valence-electron chi connectivity index (χ1n) is 9.63. The molecule has 2 aromatic carbocycles. The van der Waals surface area contributed by atoms with Crippen molar-refractivity contribution in [2.75, 3.05) is 25.7 Å². The molecule has 1 fully saturated rings. The summed E-state index contributed by atoms with van der Waals surface area (Å²) in [7, 11) is 3.11. The van der Waals surface area contributed by atoms with E-state index in [1.807, 2.05) is 0 Å². The molecule has 160 valence electrons. The largest absolute Gasteiger partial charge is 0.497 e. The van der Waals surface area contributed by atoms with Gasteiger partial charge in [0.05, 0.1) is 26.0 Å². The van der Waals surface area contributed by atoms with E-state index in [0.717, 1.165) is 0 Å². The fourth-order valence-corrected chi connectivity index (χ4v) is 3.52. The van der Waals surface area contributed by atoms with Gasteiger partial charge in [-0.3, -0.25) is 14.7 Å². The molecule has 0 aliphatic carbocycles. The van der Waals surface area contributed by atoms with Crippen molar-refractivity contribution in [2.24, 2.45) is 0 Å². The number of rotatable bonds is 6. The molecule has 1 aliphatic rings. The molecule has 8 nitrogen and oxygen atoms in total. The molecular formula is C22H21FN4O4. The van der Waals surface area contributed by atoms with Crippen LogP contribution in [0.1, 0.15) is 16.9 Å². The molecule has 31 heavy (non-hydrogen) atoms. The maximum absolute atomic E-state index is 13.1. The van der Waals surface area contributed by atoms with Crippen LogP contribution in [0.2, 0.25) is 0 Å². The number of carbonyl (C=O) groups is 2. The highest BCUT2D eigenvalue weighted by atomic mass is 19.1. The van der Waals surface area contributed by atoms with Gasteiger partial charge in [-0.2, -0.15) is 5.10 Å². The molecule has 4 rings (SSSR count). The molecule has 9 heteroatoms. The Kier molecular flexibility index (Phi) is 5.57. The van der Waals surface area contributed by atoms with Gasteiger partial charge >= 0.3 is 0 Å². The van der Waals surface area contributed by atoms with Gasteiger partial charge in [0.15, 0.2) is 0 Å². The van der Waals surface area contributed by atoms with Crippen LogP contribution in [-0.4, -0.2) is 48.8 Å². The van der Waals surface area contributed by atoms with E-state index in [9.17, 15) is 14.0 Å². The van der Waals surface area contributed by atoms with E-state index in [-0.39, 0.29) is 35.8 Å². The maximum atomic E-state index is 13.1. The van der Waals surface area contributed by atoms with Gasteiger partial charge in [-0.05, 0) is 42.5 Å². The minimum atomic E-state index is -0.371. The summed E-state index contributed by atoms with van der Waals surface area (Å²) in [5.74, 6) is 0.332. The second-order valence-electron chi connectivity index (χ2n) is 7.09. The first kappa shape index (κ1) is 20.4. The number of hydrogen-bond acceptors (Lipinski definition) is 5. The van der Waals surface area contributed by atoms with E-state index < -0.39 is 0 Å². The fourth-order valence-electron chi connectivity index (χ4n) is 3.52. The van der Waals surface area contributed by atoms with Crippen molar-refractivity contribution >= 4 is 17.5 Å². The third-order valence-corrected chi connectivity index (χ3v) is 5.11. The summed E-state index contributed by atoms with van der Waals surface area (Å²) in [5.41, 5.74) is 2.11. The third-order valence-electron chi connectivity index (χ3n) is 5.11. The summed E-state index contributed by atoms with van der Waals surface area (Å²) in [4.78, 5) is 26.6. The van der Waals surface area contributed by atoms with Crippen LogP contribution in [0.4, 0.5) is 10.1 Å². The summed E-state index contributed by atoms with van der Waals surface area (Å²) >= 11 is 0. The molecule has 1 aliphatic heterocycles. The molecule has 2 N–H and O–H groups in total. The Morgan fingerprint density at radius 3 is 2.65 bits per heavy atom. The van der Waals surface area contributed by atoms with Crippen LogP contribution in [0, 0.1) is 5.82 Å². The van der Waals surface area contributed by atoms with Crippen molar-refractivity contribution in [1.29, 1.82) is 0 Å². The van der Waals surface area contributed by atoms with Crippen LogP contribution in [0.25, 0.3) is 11.3 Å². The second-order valence-corrected chi connectivity index (χ2v) is 7.09. The third kappa shape index (κ3) is 4.20. The van der Waals surface area contributed by atoms with Gasteiger partial charge in [0.2, 0.25) is 5.91 Å². The Hall–Kier alpha value is -3.88. The second kappa shape index (κ2) is 8.47. The molecule has 1 unspecified atom stereocenters. The van der Waals surface area contributed by atoms with Crippen LogP contribution in [0.15, 0.2) is 48.5 Å². The van der Waals surface area contributed by atoms with Gasteiger partial charge in [-0.1, -0.05) is 0 Å². The zero-order valence-electron chi connectivity index (χ0n) is 17.0. The van der Waals surface area contributed by atoms with Crippen molar-refractivity contribution in [3.8, 4) is 22.8 Å². The lowest BCUT2D eigenvalue weighted by atomic mass is 10.1. The van der Waals surface area contributed by atoms with Gasteiger partial charge < -0.3 is 19.7 Å². The van der Waals surface area contributed by atoms with E-state index in [0.29, 0.717) is 35.0 Å². The highest BCUT2D eigenvalue weighted by Gasteiger charge is 2.32. The Morgan fingerprint density at radius 1 is 1.16 bits per heavy atom. The van der Waals surface area contributed by atoms with Crippen LogP contribution in [0.5, 0.6) is 11.5 Å². The number of halogens is 1. The predicted octanol–water partition coefficient (Wildman–Crippen LogP) is 2.77. The minimum Gasteiger partial charge on any atom is -0.497 e. The number of aromatic nitrogens is 2. The number of benzene rings is 2. The van der Waals surface area contributed by atoms with Crippen molar-refractivity contribution < 1.29 is 23.5 Å². The van der Waals surface area contributed by atoms with E-state index in [4.69, 9.17) is 9.47 Å². The maximum Gasteiger partial charge on any atom is 0.269 e. The molecule has 0 bridgehead atoms. The van der Waals surface area contributed by atoms with Crippen LogP contribution < -0.4 is 19.7 Å². The lowest BCUT2D eigenvalue weighted by Crippen LogP contribution is -2.37. The Morgan fingerprint density at radius 2 is 1.94 bits per heavy atom. The van der Waals surface area contributed by atoms with Gasteiger partial charge in [0.25, 0.3) is 5.91 Å². The van der Waals surface area contributed by atoms with Crippen LogP contribution >= 0.6 is 0 Å². The summed E-state index contributed by atoms with van der Waals surface area (Å²) in [5, 5.41) is 9.79. The first-order chi connectivity index (χ1) is 15.0. The molecule has 0 spiro atoms. The van der Waals surface area contributed by atoms with E-state index in [1.54, 1.807) is 50.6 Å². The molecule has 1 saturated heterocycles. The van der Waals surface area contributed by atoms with E-state index in [2.05, 4.69) is 15.5 Å². The summed E-state index contributed by atoms with van der Waals surface area (Å²) in [6, 6.07) is 12.2. The van der Waals surface area contributed by atoms with E-state index >= 15 is 0 Å². The molecular weight excluding hydrogens is 403 g/mol. The number of nitrogens with one attached hydrogen (secondary N) is 2. The van der Waals surface area contributed by atoms with E-state index in [1.165, 1.54) is 17.0 Å². The van der Waals surface area contributed by atoms with Crippen LogP contribution in [-0.2, 0) is 4.79 Å².